The van der Waals surface area contributed by atoms with Crippen LogP contribution in [0.25, 0.3) is 10.9 Å². The number of amides is 1. The molecule has 4 rings (SSSR count). The predicted molar refractivity (Wildman–Crippen MR) is 97.9 cm³/mol. The number of nitrogens with one attached hydrogen (secondary N) is 2. The zero-order valence-corrected chi connectivity index (χ0v) is 14.2. The summed E-state index contributed by atoms with van der Waals surface area (Å²) in [6.07, 6.45) is 5.17. The standard InChI is InChI=1S/C18H20N4OS/c23-17(14-4-3-13-5-7-19-16(13)11-14)20-8-6-15-12-24-18(21-15)22-9-1-2-10-22/h3-5,7,11-12,19H,1-2,6,8-10H2,(H,20,23). The van der Waals surface area contributed by atoms with Crippen molar-refractivity contribution in [2.24, 2.45) is 0 Å². The van der Waals surface area contributed by atoms with E-state index < -0.39 is 0 Å². The molecule has 0 spiro atoms. The Morgan fingerprint density at radius 3 is 3.04 bits per heavy atom. The highest BCUT2D eigenvalue weighted by molar-refractivity contribution is 7.13. The molecule has 5 nitrogen and oxygen atoms in total. The lowest BCUT2D eigenvalue weighted by atomic mass is 10.1. The molecule has 0 bridgehead atoms. The third-order valence-corrected chi connectivity index (χ3v) is 5.35. The van der Waals surface area contributed by atoms with Gasteiger partial charge >= 0.3 is 0 Å². The minimum atomic E-state index is -0.0403. The third kappa shape index (κ3) is 3.14. The maximum Gasteiger partial charge on any atom is 0.251 e. The minimum absolute atomic E-state index is 0.0403. The first kappa shape index (κ1) is 15.2. The van der Waals surface area contributed by atoms with Gasteiger partial charge in [-0.15, -0.1) is 11.3 Å². The Morgan fingerprint density at radius 2 is 2.17 bits per heavy atom. The molecule has 2 N–H and O–H groups in total. The summed E-state index contributed by atoms with van der Waals surface area (Å²) in [5.74, 6) is -0.0403. The smallest absolute Gasteiger partial charge is 0.251 e. The lowest BCUT2D eigenvalue weighted by Gasteiger charge is -2.12. The van der Waals surface area contributed by atoms with Crippen molar-refractivity contribution >= 4 is 33.3 Å². The van der Waals surface area contributed by atoms with E-state index in [0.29, 0.717) is 12.1 Å². The molecule has 0 saturated carbocycles. The van der Waals surface area contributed by atoms with Gasteiger partial charge in [0.05, 0.1) is 5.69 Å². The van der Waals surface area contributed by atoms with E-state index in [1.807, 2.05) is 30.5 Å². The number of benzene rings is 1. The molecule has 1 aliphatic heterocycles. The van der Waals surface area contributed by atoms with Crippen LogP contribution in [0.4, 0.5) is 5.13 Å². The monoisotopic (exact) mass is 340 g/mol. The second kappa shape index (κ2) is 6.65. The van der Waals surface area contributed by atoms with Crippen LogP contribution in [0.5, 0.6) is 0 Å². The van der Waals surface area contributed by atoms with Crippen LogP contribution in [0, 0.1) is 0 Å². The number of hydrogen-bond donors (Lipinski definition) is 2. The molecule has 124 valence electrons. The molecule has 0 unspecified atom stereocenters. The highest BCUT2D eigenvalue weighted by Gasteiger charge is 2.15. The van der Waals surface area contributed by atoms with Gasteiger partial charge in [0.15, 0.2) is 5.13 Å². The van der Waals surface area contributed by atoms with Gasteiger partial charge in [0.1, 0.15) is 0 Å². The van der Waals surface area contributed by atoms with E-state index in [2.05, 4.69) is 25.6 Å². The van der Waals surface area contributed by atoms with Gasteiger partial charge in [0, 0.05) is 48.7 Å². The van der Waals surface area contributed by atoms with E-state index in [1.165, 1.54) is 12.8 Å². The summed E-state index contributed by atoms with van der Waals surface area (Å²) < 4.78 is 0. The van der Waals surface area contributed by atoms with Crippen LogP contribution in [0.1, 0.15) is 28.9 Å². The average Bonchev–Trinajstić information content (AvgIpc) is 3.34. The van der Waals surface area contributed by atoms with Gasteiger partial charge in [0.2, 0.25) is 0 Å². The van der Waals surface area contributed by atoms with Gasteiger partial charge in [-0.2, -0.15) is 0 Å². The topological polar surface area (TPSA) is 61.0 Å². The van der Waals surface area contributed by atoms with Crippen molar-refractivity contribution in [2.75, 3.05) is 24.5 Å². The third-order valence-electron chi connectivity index (χ3n) is 4.40. The Bertz CT molecular complexity index is 847. The molecule has 0 atom stereocenters. The summed E-state index contributed by atoms with van der Waals surface area (Å²) in [7, 11) is 0. The van der Waals surface area contributed by atoms with E-state index in [4.69, 9.17) is 0 Å². The molecule has 1 saturated heterocycles. The summed E-state index contributed by atoms with van der Waals surface area (Å²) >= 11 is 1.70. The Labute approximate surface area is 144 Å². The molecule has 1 aromatic carbocycles. The van der Waals surface area contributed by atoms with Crippen LogP contribution >= 0.6 is 11.3 Å². The average molecular weight is 340 g/mol. The summed E-state index contributed by atoms with van der Waals surface area (Å²) in [4.78, 5) is 22.4. The van der Waals surface area contributed by atoms with Crippen molar-refractivity contribution in [3.8, 4) is 0 Å². The fourth-order valence-electron chi connectivity index (χ4n) is 3.06. The number of aromatic nitrogens is 2. The molecule has 6 heteroatoms. The van der Waals surface area contributed by atoms with Crippen LogP contribution in [0.3, 0.4) is 0 Å². The van der Waals surface area contributed by atoms with E-state index in [0.717, 1.165) is 41.2 Å². The fourth-order valence-corrected chi connectivity index (χ4v) is 3.97. The molecular weight excluding hydrogens is 320 g/mol. The lowest BCUT2D eigenvalue weighted by Crippen LogP contribution is -2.25. The molecule has 24 heavy (non-hydrogen) atoms. The Kier molecular flexibility index (Phi) is 4.21. The number of nitrogens with zero attached hydrogens (tertiary/aromatic N) is 2. The molecular formula is C18H20N4OS. The van der Waals surface area contributed by atoms with Crippen LogP contribution < -0.4 is 10.2 Å². The first-order valence-electron chi connectivity index (χ1n) is 8.34. The van der Waals surface area contributed by atoms with E-state index in [1.54, 1.807) is 11.3 Å². The fraction of sp³-hybridized carbons (Fsp3) is 0.333. The number of rotatable bonds is 5. The maximum absolute atomic E-state index is 12.3. The highest BCUT2D eigenvalue weighted by Crippen LogP contribution is 2.24. The Hall–Kier alpha value is -2.34. The van der Waals surface area contributed by atoms with Crippen molar-refractivity contribution in [3.05, 3.63) is 47.1 Å². The number of carbonyl (C=O) groups is 1. The van der Waals surface area contributed by atoms with Crippen LogP contribution in [-0.2, 0) is 6.42 Å². The predicted octanol–water partition coefficient (Wildman–Crippen LogP) is 3.20. The van der Waals surface area contributed by atoms with Crippen molar-refractivity contribution in [1.82, 2.24) is 15.3 Å². The van der Waals surface area contributed by atoms with Crippen molar-refractivity contribution < 1.29 is 4.79 Å². The number of thiazole rings is 1. The largest absolute Gasteiger partial charge is 0.361 e. The quantitative estimate of drug-likeness (QED) is 0.750. The first-order chi connectivity index (χ1) is 11.8. The second-order valence-electron chi connectivity index (χ2n) is 6.10. The molecule has 2 aromatic heterocycles. The number of hydrogen-bond acceptors (Lipinski definition) is 4. The van der Waals surface area contributed by atoms with E-state index >= 15 is 0 Å². The van der Waals surface area contributed by atoms with Crippen molar-refractivity contribution in [3.63, 3.8) is 0 Å². The number of aromatic amines is 1. The number of H-pyrrole nitrogens is 1. The van der Waals surface area contributed by atoms with Gasteiger partial charge < -0.3 is 15.2 Å². The van der Waals surface area contributed by atoms with Gasteiger partial charge in [-0.25, -0.2) is 4.98 Å². The van der Waals surface area contributed by atoms with Gasteiger partial charge in [0.25, 0.3) is 5.91 Å². The zero-order valence-electron chi connectivity index (χ0n) is 13.4. The molecule has 1 fully saturated rings. The summed E-state index contributed by atoms with van der Waals surface area (Å²) in [6, 6.07) is 7.71. The van der Waals surface area contributed by atoms with E-state index in [9.17, 15) is 4.79 Å². The van der Waals surface area contributed by atoms with Crippen LogP contribution in [0.15, 0.2) is 35.8 Å². The van der Waals surface area contributed by atoms with Gasteiger partial charge in [-0.05, 0) is 36.4 Å². The van der Waals surface area contributed by atoms with Crippen LogP contribution in [0.2, 0.25) is 0 Å². The Morgan fingerprint density at radius 1 is 1.29 bits per heavy atom. The van der Waals surface area contributed by atoms with E-state index in [-0.39, 0.29) is 5.91 Å². The first-order valence-corrected chi connectivity index (χ1v) is 9.22. The summed E-state index contributed by atoms with van der Waals surface area (Å²) in [6.45, 7) is 2.83. The number of anilines is 1. The maximum atomic E-state index is 12.3. The Balaban J connectivity index is 1.32. The van der Waals surface area contributed by atoms with Gasteiger partial charge in [-0.3, -0.25) is 4.79 Å². The van der Waals surface area contributed by atoms with Crippen molar-refractivity contribution in [1.29, 1.82) is 0 Å². The molecule has 1 aliphatic rings. The van der Waals surface area contributed by atoms with Gasteiger partial charge in [-0.1, -0.05) is 6.07 Å². The van der Waals surface area contributed by atoms with Crippen LogP contribution in [-0.4, -0.2) is 35.5 Å². The molecule has 0 radical (unpaired) electrons. The SMILES string of the molecule is O=C(NCCc1csc(N2CCCC2)n1)c1ccc2cc[nH]c2c1. The molecule has 1 amide bonds. The highest BCUT2D eigenvalue weighted by atomic mass is 32.1. The molecule has 3 aromatic rings. The van der Waals surface area contributed by atoms with Crippen molar-refractivity contribution in [2.45, 2.75) is 19.3 Å². The summed E-state index contributed by atoms with van der Waals surface area (Å²) in [5.41, 5.74) is 2.72. The normalized spacial score (nSPS) is 14.4. The molecule has 3 heterocycles. The zero-order chi connectivity index (χ0) is 16.4. The molecule has 0 aliphatic carbocycles. The second-order valence-corrected chi connectivity index (χ2v) is 6.94. The number of carbonyl (C=O) groups excluding carboxylic acids is 1. The summed E-state index contributed by atoms with van der Waals surface area (Å²) in [5, 5.41) is 7.31. The number of fused-ring (bicyclic) bond motifs is 1. The minimum Gasteiger partial charge on any atom is -0.361 e. The lowest BCUT2D eigenvalue weighted by molar-refractivity contribution is 0.0954.